The fourth-order valence-corrected chi connectivity index (χ4v) is 3.53. The number of anilines is 1. The number of nitrogens with zero attached hydrogens (tertiary/aromatic N) is 1. The summed E-state index contributed by atoms with van der Waals surface area (Å²) in [4.78, 5) is 26.8. The normalized spacial score (nSPS) is 16.7. The van der Waals surface area contributed by atoms with Gasteiger partial charge in [-0.05, 0) is 24.1 Å². The first kappa shape index (κ1) is 25.1. The predicted molar refractivity (Wildman–Crippen MR) is 122 cm³/mol. The van der Waals surface area contributed by atoms with Crippen LogP contribution in [-0.4, -0.2) is 43.3 Å². The van der Waals surface area contributed by atoms with E-state index in [1.54, 1.807) is 25.0 Å². The van der Waals surface area contributed by atoms with E-state index < -0.39 is 6.04 Å². The maximum absolute atomic E-state index is 12.8. The lowest BCUT2D eigenvalue weighted by Crippen LogP contribution is -2.53. The third-order valence-electron chi connectivity index (χ3n) is 4.19. The van der Waals surface area contributed by atoms with Gasteiger partial charge in [0.05, 0.1) is 16.8 Å². The Morgan fingerprint density at radius 2 is 2.07 bits per heavy atom. The summed E-state index contributed by atoms with van der Waals surface area (Å²) in [6.45, 7) is 6.65. The molecule has 0 spiro atoms. The minimum Gasteiger partial charge on any atom is -0.393 e. The molecular weight excluding hydrogens is 410 g/mol. The van der Waals surface area contributed by atoms with Crippen LogP contribution in [0.25, 0.3) is 0 Å². The molecule has 1 aromatic rings. The van der Waals surface area contributed by atoms with Gasteiger partial charge < -0.3 is 20.7 Å². The number of thioether (sulfide) groups is 1. The summed E-state index contributed by atoms with van der Waals surface area (Å²) in [7, 11) is 1.59. The van der Waals surface area contributed by atoms with E-state index in [0.717, 1.165) is 16.8 Å². The van der Waals surface area contributed by atoms with E-state index in [1.807, 2.05) is 38.1 Å². The minimum absolute atomic E-state index is 0.142. The molecule has 1 aliphatic heterocycles. The molecule has 0 radical (unpaired) electrons. The maximum atomic E-state index is 12.8. The van der Waals surface area contributed by atoms with Crippen molar-refractivity contribution in [2.75, 3.05) is 30.4 Å². The van der Waals surface area contributed by atoms with Gasteiger partial charge in [0.1, 0.15) is 6.04 Å². The van der Waals surface area contributed by atoms with Crippen molar-refractivity contribution in [3.63, 3.8) is 0 Å². The first-order chi connectivity index (χ1) is 14.0. The van der Waals surface area contributed by atoms with Crippen molar-refractivity contribution in [2.45, 2.75) is 33.2 Å². The number of para-hydroxylation sites is 1. The van der Waals surface area contributed by atoms with Crippen LogP contribution in [-0.2, 0) is 20.7 Å². The molecule has 0 bridgehead atoms. The number of benzene rings is 1. The van der Waals surface area contributed by atoms with E-state index in [2.05, 4.69) is 5.32 Å². The van der Waals surface area contributed by atoms with E-state index in [9.17, 15) is 9.59 Å². The lowest BCUT2D eigenvalue weighted by Gasteiger charge is -2.34. The van der Waals surface area contributed by atoms with Gasteiger partial charge in [0.15, 0.2) is 0 Å². The van der Waals surface area contributed by atoms with Gasteiger partial charge in [-0.2, -0.15) is 0 Å². The number of allylic oxidation sites excluding steroid dienone is 2. The van der Waals surface area contributed by atoms with Crippen molar-refractivity contribution in [3.8, 4) is 0 Å². The smallest absolute Gasteiger partial charge is 0.249 e. The lowest BCUT2D eigenvalue weighted by molar-refractivity contribution is -0.125. The van der Waals surface area contributed by atoms with Crippen molar-refractivity contribution in [1.29, 1.82) is 0 Å². The zero-order valence-corrected chi connectivity index (χ0v) is 19.0. The Morgan fingerprint density at radius 3 is 2.72 bits per heavy atom. The fraction of sp³-hybridized carbons (Fsp3) is 0.429. The van der Waals surface area contributed by atoms with Gasteiger partial charge in [-0.1, -0.05) is 49.9 Å². The van der Waals surface area contributed by atoms with Crippen LogP contribution >= 0.6 is 23.4 Å². The molecule has 0 aliphatic carbocycles. The summed E-state index contributed by atoms with van der Waals surface area (Å²) in [6, 6.07) is 7.08. The van der Waals surface area contributed by atoms with Crippen molar-refractivity contribution in [1.82, 2.24) is 5.32 Å². The number of ether oxygens (including phenoxy) is 1. The average Bonchev–Trinajstić information content (AvgIpc) is 2.73. The Labute approximate surface area is 182 Å². The Morgan fingerprint density at radius 1 is 1.38 bits per heavy atom. The molecule has 1 heterocycles. The van der Waals surface area contributed by atoms with Crippen LogP contribution < -0.4 is 16.0 Å². The van der Waals surface area contributed by atoms with Gasteiger partial charge in [0, 0.05) is 31.8 Å². The summed E-state index contributed by atoms with van der Waals surface area (Å²) in [5, 5.41) is 3.69. The van der Waals surface area contributed by atoms with Crippen molar-refractivity contribution in [3.05, 3.63) is 52.6 Å². The Balaban J connectivity index is 0.00000204. The maximum Gasteiger partial charge on any atom is 0.249 e. The second-order valence-corrected chi connectivity index (χ2v) is 7.61. The number of methoxy groups -OCH3 is 1. The van der Waals surface area contributed by atoms with Gasteiger partial charge in [-0.25, -0.2) is 0 Å². The van der Waals surface area contributed by atoms with Crippen LogP contribution in [0.4, 0.5) is 5.69 Å². The van der Waals surface area contributed by atoms with Crippen LogP contribution in [0.3, 0.4) is 0 Å². The lowest BCUT2D eigenvalue weighted by atomic mass is 9.97. The van der Waals surface area contributed by atoms with Crippen molar-refractivity contribution >= 4 is 40.9 Å². The summed E-state index contributed by atoms with van der Waals surface area (Å²) in [5.74, 6) is -0.487. The third kappa shape index (κ3) is 7.42. The van der Waals surface area contributed by atoms with Gasteiger partial charge in [0.2, 0.25) is 11.8 Å². The molecule has 0 fully saturated rings. The number of fused-ring (bicyclic) bond motifs is 1. The molecule has 160 valence electrons. The second-order valence-electron chi connectivity index (χ2n) is 6.01. The quantitative estimate of drug-likeness (QED) is 0.368. The highest BCUT2D eigenvalue weighted by Crippen LogP contribution is 2.27. The van der Waals surface area contributed by atoms with E-state index in [4.69, 9.17) is 22.1 Å². The Hall–Kier alpha value is -1.96. The molecular formula is C21H30ClN3O3S. The molecule has 6 nitrogen and oxygen atoms in total. The summed E-state index contributed by atoms with van der Waals surface area (Å²) in [5.41, 5.74) is 8.47. The number of rotatable bonds is 8. The van der Waals surface area contributed by atoms with Gasteiger partial charge in [-0.3, -0.25) is 9.59 Å². The number of halogens is 1. The van der Waals surface area contributed by atoms with Crippen molar-refractivity contribution < 1.29 is 14.3 Å². The fourth-order valence-electron chi connectivity index (χ4n) is 2.76. The highest BCUT2D eigenvalue weighted by molar-refractivity contribution is 8.04. The largest absolute Gasteiger partial charge is 0.393 e. The molecule has 1 aromatic carbocycles. The number of amides is 2. The molecule has 1 atom stereocenters. The molecule has 1 aliphatic rings. The molecule has 2 rings (SSSR count). The average molecular weight is 440 g/mol. The Bertz CT molecular complexity index is 752. The zero-order valence-electron chi connectivity index (χ0n) is 17.4. The molecule has 29 heavy (non-hydrogen) atoms. The van der Waals surface area contributed by atoms with Crippen LogP contribution in [0.15, 0.2) is 47.0 Å². The second kappa shape index (κ2) is 13.3. The minimum atomic E-state index is -0.618. The summed E-state index contributed by atoms with van der Waals surface area (Å²) in [6.07, 6.45) is 3.45. The first-order valence-electron chi connectivity index (χ1n) is 9.49. The van der Waals surface area contributed by atoms with Gasteiger partial charge in [-0.15, -0.1) is 11.6 Å². The van der Waals surface area contributed by atoms with Gasteiger partial charge in [0.25, 0.3) is 0 Å². The van der Waals surface area contributed by atoms with Crippen molar-refractivity contribution in [2.24, 2.45) is 5.73 Å². The SMILES string of the molecule is CC.COCCN1C(=O)C(NC(=O)/C=C/C(C)=C(\N)SCCl)Cc2ccccc21. The number of nitrogens with two attached hydrogens (primary N) is 1. The number of nitrogens with one attached hydrogen (secondary N) is 1. The zero-order chi connectivity index (χ0) is 21.8. The monoisotopic (exact) mass is 439 g/mol. The third-order valence-corrected chi connectivity index (χ3v) is 5.26. The number of carbonyl (C=O) groups is 2. The van der Waals surface area contributed by atoms with Crippen LogP contribution in [0.5, 0.6) is 0 Å². The van der Waals surface area contributed by atoms with Crippen LogP contribution in [0.2, 0.25) is 0 Å². The number of carbonyl (C=O) groups excluding carboxylic acids is 2. The van der Waals surface area contributed by atoms with E-state index in [1.165, 1.54) is 17.8 Å². The number of hydrogen-bond acceptors (Lipinski definition) is 5. The molecule has 3 N–H and O–H groups in total. The highest BCUT2D eigenvalue weighted by Gasteiger charge is 2.33. The number of alkyl halides is 1. The van der Waals surface area contributed by atoms with E-state index >= 15 is 0 Å². The highest BCUT2D eigenvalue weighted by atomic mass is 35.5. The van der Waals surface area contributed by atoms with Crippen LogP contribution in [0.1, 0.15) is 26.3 Å². The first-order valence-corrected chi connectivity index (χ1v) is 11.0. The van der Waals surface area contributed by atoms with Gasteiger partial charge >= 0.3 is 0 Å². The molecule has 2 amide bonds. The molecule has 0 saturated heterocycles. The standard InChI is InChI=1S/C19H24ClN3O3S.C2H6/c1-13(18(21)27-12-20)7-8-17(24)22-15-11-14-5-3-4-6-16(14)23(19(15)25)9-10-26-2;1-2/h3-8,15H,9-12,21H2,1-2H3,(H,22,24);1-2H3/b8-7+,18-13+;. The molecule has 0 saturated carbocycles. The summed E-state index contributed by atoms with van der Waals surface area (Å²) < 4.78 is 5.11. The molecule has 8 heteroatoms. The topological polar surface area (TPSA) is 84.7 Å². The molecule has 1 unspecified atom stereocenters. The Kier molecular flexibility index (Phi) is 11.5. The summed E-state index contributed by atoms with van der Waals surface area (Å²) >= 11 is 6.93. The molecule has 0 aromatic heterocycles. The van der Waals surface area contributed by atoms with E-state index in [0.29, 0.717) is 29.8 Å². The van der Waals surface area contributed by atoms with Crippen LogP contribution in [0, 0.1) is 0 Å². The number of hydrogen-bond donors (Lipinski definition) is 2. The van der Waals surface area contributed by atoms with E-state index in [-0.39, 0.29) is 11.8 Å². The predicted octanol–water partition coefficient (Wildman–Crippen LogP) is 3.41.